The Morgan fingerprint density at radius 2 is 1.79 bits per heavy atom. The van der Waals surface area contributed by atoms with Crippen LogP contribution in [0.15, 0.2) is 58.3 Å². The number of alkyl halides is 3. The molecule has 3 amide bonds. The molecule has 38 heavy (non-hydrogen) atoms. The molecule has 2 aliphatic rings. The van der Waals surface area contributed by atoms with Crippen LogP contribution in [0.2, 0.25) is 0 Å². The van der Waals surface area contributed by atoms with Crippen molar-refractivity contribution < 1.29 is 36.7 Å². The van der Waals surface area contributed by atoms with Gasteiger partial charge in [-0.3, -0.25) is 14.6 Å². The molecule has 0 saturated carbocycles. The number of nitrogens with zero attached hydrogens (tertiary/aromatic N) is 3. The van der Waals surface area contributed by atoms with Gasteiger partial charge in [0.1, 0.15) is 0 Å². The maximum atomic E-state index is 13.9. The second-order valence-electron chi connectivity index (χ2n) is 8.84. The molecule has 1 saturated heterocycles. The van der Waals surface area contributed by atoms with Gasteiger partial charge in [-0.2, -0.15) is 13.2 Å². The highest BCUT2D eigenvalue weighted by Gasteiger charge is 2.43. The molecule has 1 fully saturated rings. The number of amides is 3. The van der Waals surface area contributed by atoms with Gasteiger partial charge in [0, 0.05) is 45.0 Å². The second kappa shape index (κ2) is 11.3. The first-order chi connectivity index (χ1) is 18.2. The second-order valence-corrected chi connectivity index (χ2v) is 8.84. The molecular weight excluding hydrogens is 505 g/mol. The molecule has 0 bridgehead atoms. The van der Waals surface area contributed by atoms with Crippen LogP contribution in [0.5, 0.6) is 0 Å². The highest BCUT2D eigenvalue weighted by atomic mass is 19.4. The Morgan fingerprint density at radius 3 is 2.39 bits per heavy atom. The Labute approximate surface area is 217 Å². The number of hydrogen-bond acceptors (Lipinski definition) is 6. The predicted molar refractivity (Wildman–Crippen MR) is 130 cm³/mol. The Bertz CT molecular complexity index is 1200. The Balaban J connectivity index is 1.68. The Morgan fingerprint density at radius 1 is 1.08 bits per heavy atom. The van der Waals surface area contributed by atoms with E-state index in [2.05, 4.69) is 5.32 Å². The van der Waals surface area contributed by atoms with Crippen molar-refractivity contribution in [3.8, 4) is 0 Å². The van der Waals surface area contributed by atoms with Gasteiger partial charge in [-0.1, -0.05) is 18.2 Å². The summed E-state index contributed by atoms with van der Waals surface area (Å²) in [7, 11) is 0. The van der Waals surface area contributed by atoms with Crippen molar-refractivity contribution in [3.05, 3.63) is 70.8 Å². The number of likely N-dealkylation sites (N-methyl/N-ethyl adjacent to an activating group) is 1. The van der Waals surface area contributed by atoms with Crippen molar-refractivity contribution in [3.63, 3.8) is 0 Å². The number of nitrogens with one attached hydrogen (secondary N) is 1. The molecule has 9 nitrogen and oxygen atoms in total. The van der Waals surface area contributed by atoms with E-state index in [0.717, 1.165) is 6.07 Å². The first kappa shape index (κ1) is 27.2. The lowest BCUT2D eigenvalue weighted by molar-refractivity contribution is -0.141. The summed E-state index contributed by atoms with van der Waals surface area (Å²) in [6.45, 7) is 5.23. The number of piperazine rings is 1. The minimum atomic E-state index is -4.69. The Hall–Kier alpha value is -3.80. The molecule has 0 radical (unpaired) electrons. The number of urea groups is 1. The topological polar surface area (TPSA) is 95.3 Å². The number of benzene rings is 1. The van der Waals surface area contributed by atoms with Gasteiger partial charge in [-0.25, -0.2) is 9.59 Å². The van der Waals surface area contributed by atoms with Crippen molar-refractivity contribution in [2.24, 2.45) is 0 Å². The number of carbonyl (C=O) groups is 3. The minimum absolute atomic E-state index is 0.0108. The minimum Gasteiger partial charge on any atom is -0.463 e. The number of hydrogen-bond donors (Lipinski definition) is 1. The largest absolute Gasteiger partial charge is 0.463 e. The zero-order valence-corrected chi connectivity index (χ0v) is 21.1. The van der Waals surface area contributed by atoms with E-state index in [9.17, 15) is 27.6 Å². The molecule has 1 N–H and O–H groups in total. The van der Waals surface area contributed by atoms with Gasteiger partial charge in [0.2, 0.25) is 0 Å². The fraction of sp³-hybridized carbons (Fsp3) is 0.423. The monoisotopic (exact) mass is 534 g/mol. The van der Waals surface area contributed by atoms with E-state index in [1.165, 1.54) is 29.4 Å². The fourth-order valence-electron chi connectivity index (χ4n) is 4.77. The molecular formula is C26H29F3N4O5. The van der Waals surface area contributed by atoms with E-state index in [1.807, 2.05) is 4.90 Å². The summed E-state index contributed by atoms with van der Waals surface area (Å²) in [5.74, 6) is -0.801. The van der Waals surface area contributed by atoms with Crippen LogP contribution in [0.4, 0.5) is 18.0 Å². The van der Waals surface area contributed by atoms with E-state index in [4.69, 9.17) is 9.15 Å². The quantitative estimate of drug-likeness (QED) is 0.545. The Kier molecular flexibility index (Phi) is 8.10. The average Bonchev–Trinajstić information content (AvgIpc) is 3.43. The third-order valence-electron chi connectivity index (χ3n) is 6.59. The molecule has 4 rings (SSSR count). The van der Waals surface area contributed by atoms with Gasteiger partial charge in [-0.15, -0.1) is 0 Å². The smallest absolute Gasteiger partial charge is 0.416 e. The maximum Gasteiger partial charge on any atom is 0.416 e. The highest BCUT2D eigenvalue weighted by molar-refractivity contribution is 5.95. The van der Waals surface area contributed by atoms with Gasteiger partial charge in [0.05, 0.1) is 30.0 Å². The van der Waals surface area contributed by atoms with Crippen LogP contribution in [-0.4, -0.2) is 78.5 Å². The number of carbonyl (C=O) groups excluding carboxylic acids is 3. The molecule has 12 heteroatoms. The average molecular weight is 535 g/mol. The van der Waals surface area contributed by atoms with E-state index in [0.29, 0.717) is 26.2 Å². The van der Waals surface area contributed by atoms with Crippen molar-refractivity contribution in [2.75, 3.05) is 45.9 Å². The lowest BCUT2D eigenvalue weighted by Crippen LogP contribution is -2.54. The lowest BCUT2D eigenvalue weighted by atomic mass is 9.90. The van der Waals surface area contributed by atoms with Crippen LogP contribution >= 0.6 is 0 Å². The number of ether oxygens (including phenoxy) is 1. The van der Waals surface area contributed by atoms with Crippen LogP contribution in [0, 0.1) is 0 Å². The molecule has 0 aliphatic carbocycles. The molecule has 1 atom stereocenters. The van der Waals surface area contributed by atoms with Crippen molar-refractivity contribution in [1.82, 2.24) is 20.0 Å². The molecule has 2 aliphatic heterocycles. The van der Waals surface area contributed by atoms with E-state index >= 15 is 0 Å². The predicted octanol–water partition coefficient (Wildman–Crippen LogP) is 3.66. The summed E-state index contributed by atoms with van der Waals surface area (Å²) in [4.78, 5) is 43.9. The van der Waals surface area contributed by atoms with Gasteiger partial charge < -0.3 is 19.4 Å². The number of esters is 1. The first-order valence-corrected chi connectivity index (χ1v) is 12.3. The normalized spacial score (nSPS) is 19.0. The molecule has 0 spiro atoms. The van der Waals surface area contributed by atoms with Gasteiger partial charge in [0.25, 0.3) is 5.91 Å². The summed E-state index contributed by atoms with van der Waals surface area (Å²) in [6.07, 6.45) is -3.27. The van der Waals surface area contributed by atoms with Gasteiger partial charge >= 0.3 is 18.2 Å². The van der Waals surface area contributed by atoms with Crippen LogP contribution in [0.1, 0.15) is 41.6 Å². The summed E-state index contributed by atoms with van der Waals surface area (Å²) in [5, 5.41) is 2.59. The van der Waals surface area contributed by atoms with Crippen LogP contribution in [0.25, 0.3) is 0 Å². The molecule has 1 aromatic heterocycles. The van der Waals surface area contributed by atoms with Gasteiger partial charge in [-0.05, 0) is 37.6 Å². The highest BCUT2D eigenvalue weighted by Crippen LogP contribution is 2.39. The van der Waals surface area contributed by atoms with Crippen LogP contribution in [-0.2, 0) is 15.7 Å². The molecule has 204 valence electrons. The number of furan rings is 1. The summed E-state index contributed by atoms with van der Waals surface area (Å²) in [6, 6.07) is 6.13. The lowest BCUT2D eigenvalue weighted by Gasteiger charge is -2.40. The zero-order valence-electron chi connectivity index (χ0n) is 21.1. The zero-order chi connectivity index (χ0) is 27.4. The summed E-state index contributed by atoms with van der Waals surface area (Å²) in [5.41, 5.74) is -0.943. The summed E-state index contributed by atoms with van der Waals surface area (Å²) >= 11 is 0. The van der Waals surface area contributed by atoms with Crippen LogP contribution in [0.3, 0.4) is 0 Å². The standard InChI is InChI=1S/C26H29F3N4O5/c1-3-33-19(16-31-11-13-32(14-12-31)23(34)20-10-7-15-38-20)21(24(35)37-4-2)22(30-25(33)36)17-8-5-6-9-18(17)26(27,28)29/h5-10,15,22H,3-4,11-14,16H2,1-2H3,(H,30,36). The third-order valence-corrected chi connectivity index (χ3v) is 6.59. The van der Waals surface area contributed by atoms with Crippen LogP contribution < -0.4 is 5.32 Å². The number of halogens is 3. The van der Waals surface area contributed by atoms with Crippen molar-refractivity contribution in [1.29, 1.82) is 0 Å². The number of rotatable bonds is 7. The first-order valence-electron chi connectivity index (χ1n) is 12.3. The molecule has 1 aromatic carbocycles. The summed E-state index contributed by atoms with van der Waals surface area (Å²) < 4.78 is 52.1. The maximum absolute atomic E-state index is 13.9. The molecule has 1 unspecified atom stereocenters. The third kappa shape index (κ3) is 5.54. The van der Waals surface area contributed by atoms with E-state index in [-0.39, 0.29) is 48.2 Å². The van der Waals surface area contributed by atoms with E-state index in [1.54, 1.807) is 30.9 Å². The SMILES string of the molecule is CCOC(=O)C1=C(CN2CCN(C(=O)c3ccco3)CC2)N(CC)C(=O)NC1c1ccccc1C(F)(F)F. The van der Waals surface area contributed by atoms with Gasteiger partial charge in [0.15, 0.2) is 5.76 Å². The van der Waals surface area contributed by atoms with Crippen molar-refractivity contribution in [2.45, 2.75) is 26.1 Å². The van der Waals surface area contributed by atoms with E-state index < -0.39 is 29.8 Å². The fourth-order valence-corrected chi connectivity index (χ4v) is 4.77. The molecule has 2 aromatic rings. The van der Waals surface area contributed by atoms with Crippen molar-refractivity contribution >= 4 is 17.9 Å². The molecule has 3 heterocycles.